The molecule has 3 nitrogen and oxygen atoms in total. The van der Waals surface area contributed by atoms with Gasteiger partial charge < -0.3 is 11.1 Å². The molecule has 0 spiro atoms. The van der Waals surface area contributed by atoms with Crippen LogP contribution in [0.5, 0.6) is 0 Å². The zero-order chi connectivity index (χ0) is 15.5. The van der Waals surface area contributed by atoms with Gasteiger partial charge >= 0.3 is 0 Å². The van der Waals surface area contributed by atoms with Gasteiger partial charge in [0.25, 0.3) is 0 Å². The Balaban J connectivity index is 2.89. The van der Waals surface area contributed by atoms with E-state index in [1.165, 1.54) is 6.07 Å². The molecule has 1 aromatic carbocycles. The molecule has 0 fully saturated rings. The maximum absolute atomic E-state index is 13.6. The third-order valence-electron chi connectivity index (χ3n) is 3.80. The average molecular weight is 296 g/mol. The summed E-state index contributed by atoms with van der Waals surface area (Å²) in [6.45, 7) is 7.07. The number of amides is 1. The van der Waals surface area contributed by atoms with Gasteiger partial charge in [-0.1, -0.05) is 31.3 Å². The molecule has 1 rings (SSSR count). The maximum atomic E-state index is 13.6. The molecule has 0 heterocycles. The van der Waals surface area contributed by atoms with Crippen LogP contribution in [0.25, 0.3) is 0 Å². The van der Waals surface area contributed by atoms with E-state index in [2.05, 4.69) is 5.32 Å². The molecule has 0 aromatic heterocycles. The number of halogens is 1. The highest BCUT2D eigenvalue weighted by atomic mass is 32.1. The van der Waals surface area contributed by atoms with Crippen molar-refractivity contribution in [3.8, 4) is 0 Å². The first-order valence-corrected chi connectivity index (χ1v) is 7.00. The molecular weight excluding hydrogens is 275 g/mol. The number of carbonyl (C=O) groups excluding carboxylic acids is 1. The van der Waals surface area contributed by atoms with E-state index in [-0.39, 0.29) is 22.8 Å². The summed E-state index contributed by atoms with van der Waals surface area (Å²) >= 11 is 4.97. The number of hydrogen-bond donors (Lipinski definition) is 2. The van der Waals surface area contributed by atoms with E-state index in [0.717, 1.165) is 0 Å². The second-order valence-electron chi connectivity index (χ2n) is 5.25. The number of carbonyl (C=O) groups is 1. The Morgan fingerprint density at radius 3 is 2.60 bits per heavy atom. The van der Waals surface area contributed by atoms with E-state index in [1.54, 1.807) is 32.9 Å². The molecule has 0 aliphatic heterocycles. The van der Waals surface area contributed by atoms with Crippen LogP contribution in [0.3, 0.4) is 0 Å². The van der Waals surface area contributed by atoms with Crippen LogP contribution in [0.1, 0.15) is 44.4 Å². The largest absolute Gasteiger partial charge is 0.392 e. The highest BCUT2D eigenvalue weighted by molar-refractivity contribution is 7.80. The Kier molecular flexibility index (Phi) is 5.22. The highest BCUT2D eigenvalue weighted by Crippen LogP contribution is 2.24. The summed E-state index contributed by atoms with van der Waals surface area (Å²) in [6.07, 6.45) is 0.517. The molecule has 0 bridgehead atoms. The van der Waals surface area contributed by atoms with Gasteiger partial charge in [-0.2, -0.15) is 0 Å². The molecule has 20 heavy (non-hydrogen) atoms. The van der Waals surface area contributed by atoms with Crippen LogP contribution in [0, 0.1) is 18.2 Å². The number of nitrogens with one attached hydrogen (secondary N) is 1. The molecule has 110 valence electrons. The molecular formula is C15H21FN2OS. The Hall–Kier alpha value is -1.49. The van der Waals surface area contributed by atoms with E-state index < -0.39 is 5.41 Å². The van der Waals surface area contributed by atoms with E-state index in [1.807, 2.05) is 6.92 Å². The minimum absolute atomic E-state index is 0.166. The van der Waals surface area contributed by atoms with Crippen molar-refractivity contribution < 1.29 is 9.18 Å². The minimum atomic E-state index is -0.882. The lowest BCUT2D eigenvalue weighted by molar-refractivity contribution is -0.127. The molecule has 0 radical (unpaired) electrons. The van der Waals surface area contributed by atoms with Gasteiger partial charge in [-0.15, -0.1) is 0 Å². The summed E-state index contributed by atoms with van der Waals surface area (Å²) in [5.74, 6) is -0.516. The smallest absolute Gasteiger partial charge is 0.233 e. The van der Waals surface area contributed by atoms with Crippen LogP contribution < -0.4 is 11.1 Å². The van der Waals surface area contributed by atoms with Crippen LogP contribution in [0.4, 0.5) is 4.39 Å². The molecule has 2 atom stereocenters. The van der Waals surface area contributed by atoms with Gasteiger partial charge in [0, 0.05) is 0 Å². The summed E-state index contributed by atoms with van der Waals surface area (Å²) in [7, 11) is 0. The van der Waals surface area contributed by atoms with Gasteiger partial charge in [0.05, 0.1) is 16.4 Å². The maximum Gasteiger partial charge on any atom is 0.233 e. The van der Waals surface area contributed by atoms with Gasteiger partial charge in [-0.3, -0.25) is 4.79 Å². The predicted octanol–water partition coefficient (Wildman–Crippen LogP) is 3.01. The van der Waals surface area contributed by atoms with E-state index in [0.29, 0.717) is 17.5 Å². The van der Waals surface area contributed by atoms with Crippen molar-refractivity contribution in [3.63, 3.8) is 0 Å². The first-order chi connectivity index (χ1) is 9.22. The van der Waals surface area contributed by atoms with E-state index >= 15 is 0 Å². The molecule has 1 amide bonds. The number of thiocarbonyl (C=S) groups is 1. The molecule has 0 aliphatic rings. The van der Waals surface area contributed by atoms with E-state index in [4.69, 9.17) is 18.0 Å². The zero-order valence-corrected chi connectivity index (χ0v) is 13.1. The fourth-order valence-electron chi connectivity index (χ4n) is 1.76. The second-order valence-corrected chi connectivity index (χ2v) is 5.69. The molecule has 2 unspecified atom stereocenters. The van der Waals surface area contributed by atoms with Crippen molar-refractivity contribution >= 4 is 23.1 Å². The third kappa shape index (κ3) is 3.33. The SMILES string of the molecule is CCC(C)(C(=O)NC(C)c1ccc(C)c(F)c1)C(N)=S. The first-order valence-electron chi connectivity index (χ1n) is 6.59. The number of hydrogen-bond acceptors (Lipinski definition) is 2. The van der Waals surface area contributed by atoms with Crippen LogP contribution >= 0.6 is 12.2 Å². The van der Waals surface area contributed by atoms with Crippen LogP contribution in [-0.4, -0.2) is 10.9 Å². The van der Waals surface area contributed by atoms with Gasteiger partial charge in [-0.25, -0.2) is 4.39 Å². The number of benzene rings is 1. The molecule has 5 heteroatoms. The lowest BCUT2D eigenvalue weighted by Gasteiger charge is -2.27. The lowest BCUT2D eigenvalue weighted by atomic mass is 9.86. The van der Waals surface area contributed by atoms with Gasteiger partial charge in [0.2, 0.25) is 5.91 Å². The lowest BCUT2D eigenvalue weighted by Crippen LogP contribution is -2.47. The Morgan fingerprint density at radius 1 is 1.55 bits per heavy atom. The number of nitrogens with two attached hydrogens (primary N) is 1. The van der Waals surface area contributed by atoms with E-state index in [9.17, 15) is 9.18 Å². The fraction of sp³-hybridized carbons (Fsp3) is 0.467. The summed E-state index contributed by atoms with van der Waals surface area (Å²) in [6, 6.07) is 4.62. The van der Waals surface area contributed by atoms with Crippen molar-refractivity contribution in [3.05, 3.63) is 35.1 Å². The topological polar surface area (TPSA) is 55.1 Å². The summed E-state index contributed by atoms with van der Waals surface area (Å²) < 4.78 is 13.6. The van der Waals surface area contributed by atoms with Crippen molar-refractivity contribution in [2.24, 2.45) is 11.1 Å². The van der Waals surface area contributed by atoms with Crippen LogP contribution in [0.15, 0.2) is 18.2 Å². The molecule has 3 N–H and O–H groups in total. The third-order valence-corrected chi connectivity index (χ3v) is 4.25. The molecule has 0 saturated heterocycles. The monoisotopic (exact) mass is 296 g/mol. The van der Waals surface area contributed by atoms with Gasteiger partial charge in [0.15, 0.2) is 0 Å². The number of aryl methyl sites for hydroxylation is 1. The summed E-state index contributed by atoms with van der Waals surface area (Å²) in [5.41, 5.74) is 6.06. The summed E-state index contributed by atoms with van der Waals surface area (Å²) in [5, 5.41) is 2.84. The van der Waals surface area contributed by atoms with Crippen molar-refractivity contribution in [1.29, 1.82) is 0 Å². The molecule has 1 aromatic rings. The zero-order valence-electron chi connectivity index (χ0n) is 12.3. The van der Waals surface area contributed by atoms with Crippen molar-refractivity contribution in [2.75, 3.05) is 0 Å². The summed E-state index contributed by atoms with van der Waals surface area (Å²) in [4.78, 5) is 12.5. The molecule has 0 aliphatic carbocycles. The highest BCUT2D eigenvalue weighted by Gasteiger charge is 2.35. The normalized spacial score (nSPS) is 15.2. The van der Waals surface area contributed by atoms with Crippen LogP contribution in [-0.2, 0) is 4.79 Å². The Bertz CT molecular complexity index is 533. The van der Waals surface area contributed by atoms with Crippen molar-refractivity contribution in [2.45, 2.75) is 40.2 Å². The predicted molar refractivity (Wildman–Crippen MR) is 82.9 cm³/mol. The van der Waals surface area contributed by atoms with Crippen LogP contribution in [0.2, 0.25) is 0 Å². The fourth-order valence-corrected chi connectivity index (χ4v) is 2.00. The Labute approximate surface area is 124 Å². The quantitative estimate of drug-likeness (QED) is 0.821. The standard InChI is InChI=1S/C15H21FN2OS/c1-5-15(4,13(17)20)14(19)18-10(3)11-7-6-9(2)12(16)8-11/h6-8,10H,5H2,1-4H3,(H2,17,20)(H,18,19). The minimum Gasteiger partial charge on any atom is -0.392 e. The van der Waals surface area contributed by atoms with Gasteiger partial charge in [-0.05, 0) is 44.4 Å². The molecule has 0 saturated carbocycles. The number of rotatable bonds is 5. The second kappa shape index (κ2) is 6.31. The van der Waals surface area contributed by atoms with Crippen molar-refractivity contribution in [1.82, 2.24) is 5.32 Å². The first kappa shape index (κ1) is 16.6. The average Bonchev–Trinajstić information content (AvgIpc) is 2.40. The Morgan fingerprint density at radius 2 is 2.15 bits per heavy atom. The van der Waals surface area contributed by atoms with Gasteiger partial charge in [0.1, 0.15) is 5.82 Å².